The van der Waals surface area contributed by atoms with Crippen LogP contribution in [-0.2, 0) is 12.8 Å². The minimum Gasteiger partial charge on any atom is -0.495 e. The van der Waals surface area contributed by atoms with Crippen molar-refractivity contribution in [2.45, 2.75) is 19.3 Å². The Morgan fingerprint density at radius 2 is 2.05 bits per heavy atom. The van der Waals surface area contributed by atoms with Crippen LogP contribution in [0.2, 0.25) is 0 Å². The molecule has 0 saturated carbocycles. The van der Waals surface area contributed by atoms with Crippen LogP contribution in [-0.4, -0.2) is 20.0 Å². The first kappa shape index (κ1) is 14.6. The molecular weight excluding hydrogens is 352 g/mol. The van der Waals surface area contributed by atoms with Crippen LogP contribution in [0.5, 0.6) is 11.5 Å². The van der Waals surface area contributed by atoms with E-state index in [0.717, 1.165) is 17.7 Å². The minimum absolute atomic E-state index is 0.00889. The van der Waals surface area contributed by atoms with E-state index in [4.69, 9.17) is 9.47 Å². The smallest absolute Gasteiger partial charge is 0.206 e. The number of aryl methyl sites for hydroxylation is 2. The number of carbonyl (C=O) groups is 1. The van der Waals surface area contributed by atoms with Crippen LogP contribution in [0.4, 0.5) is 0 Å². The first-order valence-electron chi connectivity index (χ1n) is 6.72. The van der Waals surface area contributed by atoms with E-state index in [9.17, 15) is 4.79 Å². The van der Waals surface area contributed by atoms with Gasteiger partial charge in [0.2, 0.25) is 5.78 Å². The molecule has 1 aromatic heterocycles. The van der Waals surface area contributed by atoms with Gasteiger partial charge in [0.15, 0.2) is 0 Å². The zero-order valence-electron chi connectivity index (χ0n) is 11.9. The highest BCUT2D eigenvalue weighted by Crippen LogP contribution is 2.39. The van der Waals surface area contributed by atoms with Gasteiger partial charge in [-0.15, -0.1) is 11.3 Å². The molecule has 0 unspecified atom stereocenters. The lowest BCUT2D eigenvalue weighted by Gasteiger charge is -2.12. The second kappa shape index (κ2) is 5.81. The zero-order chi connectivity index (χ0) is 15.0. The summed E-state index contributed by atoms with van der Waals surface area (Å²) in [6, 6.07) is 5.57. The molecule has 1 aliphatic rings. The van der Waals surface area contributed by atoms with E-state index in [0.29, 0.717) is 21.5 Å². The average Bonchev–Trinajstić information content (AvgIpc) is 3.07. The molecule has 0 radical (unpaired) electrons. The van der Waals surface area contributed by atoms with Crippen molar-refractivity contribution >= 4 is 33.0 Å². The standard InChI is InChI=1S/C16H15BrO3S/c1-19-11-7-6-10(16(20-2)14(11)17)15(18)13-8-9-4-3-5-12(9)21-13/h6-8H,3-5H2,1-2H3. The van der Waals surface area contributed by atoms with Gasteiger partial charge >= 0.3 is 0 Å². The van der Waals surface area contributed by atoms with Crippen LogP contribution < -0.4 is 9.47 Å². The van der Waals surface area contributed by atoms with Crippen molar-refractivity contribution in [3.05, 3.63) is 43.6 Å². The molecule has 5 heteroatoms. The summed E-state index contributed by atoms with van der Waals surface area (Å²) in [5.74, 6) is 1.18. The Morgan fingerprint density at radius 1 is 1.24 bits per heavy atom. The summed E-state index contributed by atoms with van der Waals surface area (Å²) in [4.78, 5) is 14.9. The third-order valence-corrected chi connectivity index (χ3v) is 5.69. The van der Waals surface area contributed by atoms with Crippen LogP contribution in [0.1, 0.15) is 32.1 Å². The summed E-state index contributed by atoms with van der Waals surface area (Å²) in [7, 11) is 3.15. The van der Waals surface area contributed by atoms with Crippen LogP contribution in [0, 0.1) is 0 Å². The molecule has 2 aromatic rings. The quantitative estimate of drug-likeness (QED) is 0.758. The fraction of sp³-hybridized carbons (Fsp3) is 0.312. The van der Waals surface area contributed by atoms with Crippen molar-refractivity contribution in [3.8, 4) is 11.5 Å². The molecule has 0 saturated heterocycles. The van der Waals surface area contributed by atoms with Crippen molar-refractivity contribution in [2.75, 3.05) is 14.2 Å². The molecule has 0 bridgehead atoms. The molecule has 3 nitrogen and oxygen atoms in total. The van der Waals surface area contributed by atoms with E-state index < -0.39 is 0 Å². The van der Waals surface area contributed by atoms with Crippen molar-refractivity contribution in [3.63, 3.8) is 0 Å². The summed E-state index contributed by atoms with van der Waals surface area (Å²) >= 11 is 5.05. The molecule has 0 atom stereocenters. The molecule has 0 amide bonds. The fourth-order valence-corrected chi connectivity index (χ4v) is 4.52. The maximum atomic E-state index is 12.8. The molecule has 0 spiro atoms. The van der Waals surface area contributed by atoms with Gasteiger partial charge in [-0.2, -0.15) is 0 Å². The van der Waals surface area contributed by atoms with E-state index >= 15 is 0 Å². The highest BCUT2D eigenvalue weighted by Gasteiger charge is 2.23. The summed E-state index contributed by atoms with van der Waals surface area (Å²) < 4.78 is 11.3. The Balaban J connectivity index is 2.02. The normalized spacial score (nSPS) is 13.1. The van der Waals surface area contributed by atoms with E-state index in [-0.39, 0.29) is 5.78 Å². The maximum Gasteiger partial charge on any atom is 0.206 e. The highest BCUT2D eigenvalue weighted by molar-refractivity contribution is 9.10. The van der Waals surface area contributed by atoms with E-state index in [1.165, 1.54) is 16.9 Å². The monoisotopic (exact) mass is 366 g/mol. The maximum absolute atomic E-state index is 12.8. The molecule has 1 aliphatic carbocycles. The van der Waals surface area contributed by atoms with Gasteiger partial charge in [-0.3, -0.25) is 4.79 Å². The number of carbonyl (C=O) groups excluding carboxylic acids is 1. The molecular formula is C16H15BrO3S. The Bertz CT molecular complexity index is 684. The number of fused-ring (bicyclic) bond motifs is 1. The predicted molar refractivity (Wildman–Crippen MR) is 87.0 cm³/mol. The number of ether oxygens (including phenoxy) is 2. The molecule has 0 aliphatic heterocycles. The van der Waals surface area contributed by atoms with Gasteiger partial charge in [-0.05, 0) is 59.0 Å². The van der Waals surface area contributed by atoms with Gasteiger partial charge < -0.3 is 9.47 Å². The van der Waals surface area contributed by atoms with Gasteiger partial charge in [0.05, 0.1) is 24.7 Å². The minimum atomic E-state index is 0.00889. The second-order valence-corrected chi connectivity index (χ2v) is 6.83. The Labute approximate surface area is 136 Å². The lowest BCUT2D eigenvalue weighted by molar-refractivity contribution is 0.103. The van der Waals surface area contributed by atoms with Gasteiger partial charge in [0.25, 0.3) is 0 Å². The first-order valence-corrected chi connectivity index (χ1v) is 8.33. The van der Waals surface area contributed by atoms with Crippen LogP contribution in [0.15, 0.2) is 22.7 Å². The number of benzene rings is 1. The van der Waals surface area contributed by atoms with Crippen LogP contribution in [0.25, 0.3) is 0 Å². The lowest BCUT2D eigenvalue weighted by Crippen LogP contribution is -2.03. The lowest BCUT2D eigenvalue weighted by atomic mass is 10.1. The summed E-state index contributed by atoms with van der Waals surface area (Å²) in [6.45, 7) is 0. The topological polar surface area (TPSA) is 35.5 Å². The number of hydrogen-bond donors (Lipinski definition) is 0. The largest absolute Gasteiger partial charge is 0.495 e. The molecule has 110 valence electrons. The molecule has 21 heavy (non-hydrogen) atoms. The van der Waals surface area contributed by atoms with E-state index in [1.54, 1.807) is 37.7 Å². The Kier molecular flexibility index (Phi) is 4.04. The highest BCUT2D eigenvalue weighted by atomic mass is 79.9. The third-order valence-electron chi connectivity index (χ3n) is 3.70. The van der Waals surface area contributed by atoms with Crippen molar-refractivity contribution in [2.24, 2.45) is 0 Å². The number of rotatable bonds is 4. The number of hydrogen-bond acceptors (Lipinski definition) is 4. The summed E-state index contributed by atoms with van der Waals surface area (Å²) in [6.07, 6.45) is 3.38. The van der Waals surface area contributed by atoms with Gasteiger partial charge in [0.1, 0.15) is 16.0 Å². The Morgan fingerprint density at radius 3 is 2.71 bits per heavy atom. The molecule has 1 aromatic carbocycles. The summed E-state index contributed by atoms with van der Waals surface area (Å²) in [5.41, 5.74) is 1.89. The first-order chi connectivity index (χ1) is 10.2. The predicted octanol–water partition coefficient (Wildman–Crippen LogP) is 4.25. The number of ketones is 1. The Hall–Kier alpha value is -1.33. The number of halogens is 1. The SMILES string of the molecule is COc1ccc(C(=O)c2cc3c(s2)CCC3)c(OC)c1Br. The van der Waals surface area contributed by atoms with Gasteiger partial charge in [-0.25, -0.2) is 0 Å². The number of thiophene rings is 1. The van der Waals surface area contributed by atoms with Crippen molar-refractivity contribution < 1.29 is 14.3 Å². The zero-order valence-corrected chi connectivity index (χ0v) is 14.3. The van der Waals surface area contributed by atoms with Crippen LogP contribution in [0.3, 0.4) is 0 Å². The average molecular weight is 367 g/mol. The molecule has 0 fully saturated rings. The van der Waals surface area contributed by atoms with Crippen molar-refractivity contribution in [1.29, 1.82) is 0 Å². The van der Waals surface area contributed by atoms with Crippen LogP contribution >= 0.6 is 27.3 Å². The van der Waals surface area contributed by atoms with E-state index in [1.807, 2.05) is 6.07 Å². The fourth-order valence-electron chi connectivity index (χ4n) is 2.65. The van der Waals surface area contributed by atoms with E-state index in [2.05, 4.69) is 15.9 Å². The molecule has 3 rings (SSSR count). The van der Waals surface area contributed by atoms with Gasteiger partial charge in [-0.1, -0.05) is 0 Å². The molecule has 0 N–H and O–H groups in total. The number of methoxy groups -OCH3 is 2. The second-order valence-electron chi connectivity index (χ2n) is 4.90. The van der Waals surface area contributed by atoms with Gasteiger partial charge in [0, 0.05) is 4.88 Å². The molecule has 1 heterocycles. The third kappa shape index (κ3) is 2.49. The van der Waals surface area contributed by atoms with Crippen molar-refractivity contribution in [1.82, 2.24) is 0 Å². The summed E-state index contributed by atoms with van der Waals surface area (Å²) in [5, 5.41) is 0.